The normalized spacial score (nSPS) is 19.9. The highest BCUT2D eigenvalue weighted by molar-refractivity contribution is 6.33. The minimum absolute atomic E-state index is 0.112. The van der Waals surface area contributed by atoms with Crippen molar-refractivity contribution >= 4 is 29.1 Å². The number of amides is 1. The number of carbonyl (C=O) groups is 1. The van der Waals surface area contributed by atoms with E-state index in [0.717, 1.165) is 12.8 Å². The molecule has 1 aromatic rings. The molecule has 2 heterocycles. The Morgan fingerprint density at radius 3 is 2.72 bits per heavy atom. The second-order valence-electron chi connectivity index (χ2n) is 4.44. The van der Waals surface area contributed by atoms with Crippen molar-refractivity contribution in [2.45, 2.75) is 12.8 Å². The molecule has 0 aromatic carbocycles. The number of piperidine rings is 1. The zero-order chi connectivity index (χ0) is 13.1. The minimum Gasteiger partial charge on any atom is -0.396 e. The van der Waals surface area contributed by atoms with E-state index in [1.165, 1.54) is 12.1 Å². The van der Waals surface area contributed by atoms with Gasteiger partial charge in [0.25, 0.3) is 5.91 Å². The Bertz CT molecular complexity index is 433. The first-order valence-electron chi connectivity index (χ1n) is 5.83. The van der Waals surface area contributed by atoms with E-state index in [1.54, 1.807) is 4.90 Å². The van der Waals surface area contributed by atoms with Crippen LogP contribution in [-0.4, -0.2) is 40.6 Å². The Morgan fingerprint density at radius 1 is 1.44 bits per heavy atom. The number of aliphatic hydroxyl groups excluding tert-OH is 1. The van der Waals surface area contributed by atoms with E-state index < -0.39 is 0 Å². The molecule has 1 amide bonds. The average Bonchev–Trinajstić information content (AvgIpc) is 2.37. The molecule has 1 aromatic heterocycles. The fraction of sp³-hybridized carbons (Fsp3) is 0.500. The van der Waals surface area contributed by atoms with Gasteiger partial charge in [-0.1, -0.05) is 23.2 Å². The number of carbonyl (C=O) groups excluding carboxylic acids is 1. The van der Waals surface area contributed by atoms with Gasteiger partial charge in [0.2, 0.25) is 0 Å². The summed E-state index contributed by atoms with van der Waals surface area (Å²) in [5, 5.41) is 9.58. The molecule has 18 heavy (non-hydrogen) atoms. The Labute approximate surface area is 116 Å². The topological polar surface area (TPSA) is 53.4 Å². The van der Waals surface area contributed by atoms with Crippen molar-refractivity contribution in [1.82, 2.24) is 9.88 Å². The number of aliphatic hydroxyl groups is 1. The molecule has 6 heteroatoms. The van der Waals surface area contributed by atoms with Gasteiger partial charge < -0.3 is 10.0 Å². The van der Waals surface area contributed by atoms with Crippen LogP contribution in [0.2, 0.25) is 10.3 Å². The fourth-order valence-corrected chi connectivity index (χ4v) is 2.63. The first kappa shape index (κ1) is 13.6. The van der Waals surface area contributed by atoms with Gasteiger partial charge in [-0.2, -0.15) is 0 Å². The number of pyridine rings is 1. The zero-order valence-corrected chi connectivity index (χ0v) is 11.3. The lowest BCUT2D eigenvalue weighted by Gasteiger charge is -2.31. The highest BCUT2D eigenvalue weighted by atomic mass is 35.5. The first-order chi connectivity index (χ1) is 8.60. The SMILES string of the molecule is O=C(c1cc(Cl)nc(Cl)c1)N1CCCC(CO)C1. The van der Waals surface area contributed by atoms with Crippen molar-refractivity contribution in [3.63, 3.8) is 0 Å². The lowest BCUT2D eigenvalue weighted by Crippen LogP contribution is -2.40. The summed E-state index contributed by atoms with van der Waals surface area (Å²) >= 11 is 11.6. The van der Waals surface area contributed by atoms with Gasteiger partial charge in [-0.3, -0.25) is 4.79 Å². The average molecular weight is 289 g/mol. The quantitative estimate of drug-likeness (QED) is 0.849. The number of halogens is 2. The number of hydrogen-bond donors (Lipinski definition) is 1. The highest BCUT2D eigenvalue weighted by Crippen LogP contribution is 2.20. The summed E-state index contributed by atoms with van der Waals surface area (Å²) in [5.74, 6) is 0.0508. The lowest BCUT2D eigenvalue weighted by atomic mass is 9.98. The van der Waals surface area contributed by atoms with Gasteiger partial charge in [0.1, 0.15) is 10.3 Å². The molecule has 2 rings (SSSR count). The number of aromatic nitrogens is 1. The van der Waals surface area contributed by atoms with Gasteiger partial charge in [-0.15, -0.1) is 0 Å². The maximum Gasteiger partial charge on any atom is 0.254 e. The van der Waals surface area contributed by atoms with Crippen molar-refractivity contribution in [3.8, 4) is 0 Å². The fourth-order valence-electron chi connectivity index (χ4n) is 2.17. The Kier molecular flexibility index (Phi) is 4.43. The van der Waals surface area contributed by atoms with Crippen LogP contribution in [0.25, 0.3) is 0 Å². The van der Waals surface area contributed by atoms with Crippen LogP contribution in [0.3, 0.4) is 0 Å². The molecule has 0 aliphatic carbocycles. The van der Waals surface area contributed by atoms with Gasteiger partial charge in [0.15, 0.2) is 0 Å². The smallest absolute Gasteiger partial charge is 0.254 e. The summed E-state index contributed by atoms with van der Waals surface area (Å²) in [6, 6.07) is 3.02. The van der Waals surface area contributed by atoms with E-state index in [2.05, 4.69) is 4.98 Å². The van der Waals surface area contributed by atoms with Crippen LogP contribution in [-0.2, 0) is 0 Å². The van der Waals surface area contributed by atoms with Crippen LogP contribution >= 0.6 is 23.2 Å². The zero-order valence-electron chi connectivity index (χ0n) is 9.77. The third kappa shape index (κ3) is 3.13. The highest BCUT2D eigenvalue weighted by Gasteiger charge is 2.24. The van der Waals surface area contributed by atoms with E-state index in [9.17, 15) is 4.79 Å². The van der Waals surface area contributed by atoms with E-state index in [-0.39, 0.29) is 28.7 Å². The number of rotatable bonds is 2. The molecule has 98 valence electrons. The van der Waals surface area contributed by atoms with Crippen molar-refractivity contribution < 1.29 is 9.90 Å². The van der Waals surface area contributed by atoms with Gasteiger partial charge in [0.05, 0.1) is 0 Å². The maximum absolute atomic E-state index is 12.3. The molecule has 0 saturated carbocycles. The van der Waals surface area contributed by atoms with Crippen molar-refractivity contribution in [3.05, 3.63) is 28.0 Å². The summed E-state index contributed by atoms with van der Waals surface area (Å²) < 4.78 is 0. The van der Waals surface area contributed by atoms with Crippen molar-refractivity contribution in [2.75, 3.05) is 19.7 Å². The van der Waals surface area contributed by atoms with Gasteiger partial charge >= 0.3 is 0 Å². The second-order valence-corrected chi connectivity index (χ2v) is 5.22. The molecule has 1 N–H and O–H groups in total. The molecular weight excluding hydrogens is 275 g/mol. The van der Waals surface area contributed by atoms with E-state index >= 15 is 0 Å². The molecule has 1 saturated heterocycles. The van der Waals surface area contributed by atoms with E-state index in [4.69, 9.17) is 28.3 Å². The van der Waals surface area contributed by atoms with Crippen LogP contribution in [0.5, 0.6) is 0 Å². The molecule has 4 nitrogen and oxygen atoms in total. The minimum atomic E-state index is -0.112. The first-order valence-corrected chi connectivity index (χ1v) is 6.59. The third-order valence-corrected chi connectivity index (χ3v) is 3.46. The summed E-state index contributed by atoms with van der Waals surface area (Å²) in [5.41, 5.74) is 0.443. The monoisotopic (exact) mass is 288 g/mol. The van der Waals surface area contributed by atoms with Crippen LogP contribution in [0.15, 0.2) is 12.1 Å². The van der Waals surface area contributed by atoms with Crippen LogP contribution in [0.1, 0.15) is 23.2 Å². The van der Waals surface area contributed by atoms with Crippen molar-refractivity contribution in [1.29, 1.82) is 0 Å². The standard InChI is InChI=1S/C12H14Cl2N2O2/c13-10-4-9(5-11(14)15-10)12(18)16-3-1-2-8(6-16)7-17/h4-5,8,17H,1-3,6-7H2. The predicted octanol–water partition coefficient (Wildman–Crippen LogP) is 2.23. The van der Waals surface area contributed by atoms with Crippen molar-refractivity contribution in [2.24, 2.45) is 5.92 Å². The van der Waals surface area contributed by atoms with Gasteiger partial charge in [0, 0.05) is 25.3 Å². The lowest BCUT2D eigenvalue weighted by molar-refractivity contribution is 0.0620. The Hall–Kier alpha value is -0.840. The van der Waals surface area contributed by atoms with E-state index in [1.807, 2.05) is 0 Å². The molecular formula is C12H14Cl2N2O2. The van der Waals surface area contributed by atoms with Gasteiger partial charge in [-0.25, -0.2) is 4.98 Å². The summed E-state index contributed by atoms with van der Waals surface area (Å²) in [6.45, 7) is 1.39. The Morgan fingerprint density at radius 2 is 2.11 bits per heavy atom. The maximum atomic E-state index is 12.3. The number of likely N-dealkylation sites (tertiary alicyclic amines) is 1. The third-order valence-electron chi connectivity index (χ3n) is 3.07. The summed E-state index contributed by atoms with van der Waals surface area (Å²) in [6.07, 6.45) is 1.86. The molecule has 0 bridgehead atoms. The molecule has 1 atom stereocenters. The summed E-state index contributed by atoms with van der Waals surface area (Å²) in [7, 11) is 0. The van der Waals surface area contributed by atoms with Crippen LogP contribution in [0, 0.1) is 5.92 Å². The second kappa shape index (κ2) is 5.87. The molecule has 1 aliphatic heterocycles. The molecule has 0 radical (unpaired) electrons. The summed E-state index contributed by atoms with van der Waals surface area (Å²) in [4.78, 5) is 17.8. The largest absolute Gasteiger partial charge is 0.396 e. The van der Waals surface area contributed by atoms with Crippen LogP contribution in [0.4, 0.5) is 0 Å². The predicted molar refractivity (Wildman–Crippen MR) is 70.0 cm³/mol. The molecule has 1 aliphatic rings. The molecule has 1 fully saturated rings. The van der Waals surface area contributed by atoms with E-state index in [0.29, 0.717) is 18.7 Å². The molecule has 1 unspecified atom stereocenters. The number of nitrogens with zero attached hydrogens (tertiary/aromatic N) is 2. The number of hydrogen-bond acceptors (Lipinski definition) is 3. The molecule has 0 spiro atoms. The van der Waals surface area contributed by atoms with Gasteiger partial charge in [-0.05, 0) is 30.9 Å². The van der Waals surface area contributed by atoms with Crippen LogP contribution < -0.4 is 0 Å². The Balaban J connectivity index is 2.15.